The standard InChI is InChI=1S/C24H26N10/c1-14-11-32(12-14)23-21-19(6-7-33(21)30-24(29-23)28-17-10-26-31(3)13-17)16-8-20-22(25-9-16)27-15(2)34(20)18-4-5-18/h6-10,13-14,18H,4-5,11-12H2,1-3H3,(H,28,30). The Hall–Kier alpha value is -3.95. The van der Waals surface area contributed by atoms with Gasteiger partial charge in [0, 0.05) is 55.9 Å². The van der Waals surface area contributed by atoms with Crippen molar-refractivity contribution in [3.63, 3.8) is 0 Å². The zero-order valence-electron chi connectivity index (χ0n) is 19.5. The fourth-order valence-electron chi connectivity index (χ4n) is 5.03. The molecule has 172 valence electrons. The van der Waals surface area contributed by atoms with Gasteiger partial charge in [0.1, 0.15) is 11.3 Å². The third-order valence-corrected chi connectivity index (χ3v) is 6.76. The number of rotatable bonds is 5. The van der Waals surface area contributed by atoms with Gasteiger partial charge >= 0.3 is 0 Å². The van der Waals surface area contributed by atoms with Gasteiger partial charge in [0.2, 0.25) is 5.95 Å². The molecule has 1 aliphatic heterocycles. The molecular weight excluding hydrogens is 428 g/mol. The maximum absolute atomic E-state index is 4.95. The SMILES string of the molecule is Cc1nc2ncc(-c3ccn4nc(Nc5cnn(C)c5)nc(N5CC(C)C5)c34)cc2n1C1CC1. The molecule has 1 saturated heterocycles. The van der Waals surface area contributed by atoms with E-state index in [9.17, 15) is 0 Å². The second-order valence-corrected chi connectivity index (χ2v) is 9.65. The van der Waals surface area contributed by atoms with Gasteiger partial charge in [-0.2, -0.15) is 10.1 Å². The summed E-state index contributed by atoms with van der Waals surface area (Å²) in [6.07, 6.45) is 10.0. The average molecular weight is 455 g/mol. The zero-order chi connectivity index (χ0) is 23.0. The molecule has 0 unspecified atom stereocenters. The van der Waals surface area contributed by atoms with Crippen molar-refractivity contribution in [1.29, 1.82) is 0 Å². The largest absolute Gasteiger partial charge is 0.354 e. The number of fused-ring (bicyclic) bond motifs is 2. The second kappa shape index (κ2) is 7.02. The summed E-state index contributed by atoms with van der Waals surface area (Å²) >= 11 is 0. The van der Waals surface area contributed by atoms with E-state index in [-0.39, 0.29) is 0 Å². The molecule has 0 atom stereocenters. The summed E-state index contributed by atoms with van der Waals surface area (Å²) in [5.41, 5.74) is 5.91. The number of hydrogen-bond donors (Lipinski definition) is 1. The zero-order valence-corrected chi connectivity index (χ0v) is 19.5. The summed E-state index contributed by atoms with van der Waals surface area (Å²) in [4.78, 5) is 16.7. The first-order chi connectivity index (χ1) is 16.5. The molecule has 10 heteroatoms. The van der Waals surface area contributed by atoms with Crippen LogP contribution in [0.5, 0.6) is 0 Å². The van der Waals surface area contributed by atoms with Crippen LogP contribution in [0.3, 0.4) is 0 Å². The Bertz CT molecular complexity index is 1550. The Morgan fingerprint density at radius 2 is 1.97 bits per heavy atom. The van der Waals surface area contributed by atoms with E-state index in [2.05, 4.69) is 50.8 Å². The van der Waals surface area contributed by atoms with E-state index >= 15 is 0 Å². The fourth-order valence-corrected chi connectivity index (χ4v) is 5.03. The van der Waals surface area contributed by atoms with Crippen LogP contribution in [0.1, 0.15) is 31.6 Å². The van der Waals surface area contributed by atoms with Crippen molar-refractivity contribution in [3.05, 3.63) is 42.7 Å². The lowest BCUT2D eigenvalue weighted by Gasteiger charge is -2.38. The number of pyridine rings is 1. The Morgan fingerprint density at radius 1 is 1.12 bits per heavy atom. The molecule has 10 nitrogen and oxygen atoms in total. The quantitative estimate of drug-likeness (QED) is 0.433. The lowest BCUT2D eigenvalue weighted by Crippen LogP contribution is -2.46. The molecule has 0 amide bonds. The molecule has 0 radical (unpaired) electrons. The van der Waals surface area contributed by atoms with Crippen molar-refractivity contribution in [2.75, 3.05) is 23.3 Å². The van der Waals surface area contributed by atoms with Crippen molar-refractivity contribution in [1.82, 2.24) is 38.9 Å². The van der Waals surface area contributed by atoms with Gasteiger partial charge in [-0.15, -0.1) is 5.10 Å². The highest BCUT2D eigenvalue weighted by Crippen LogP contribution is 2.40. The second-order valence-electron chi connectivity index (χ2n) is 9.65. The van der Waals surface area contributed by atoms with Crippen LogP contribution in [-0.4, -0.2) is 52.0 Å². The summed E-state index contributed by atoms with van der Waals surface area (Å²) < 4.78 is 6.02. The Morgan fingerprint density at radius 3 is 2.71 bits per heavy atom. The van der Waals surface area contributed by atoms with E-state index in [4.69, 9.17) is 15.1 Å². The first kappa shape index (κ1) is 19.5. The maximum atomic E-state index is 4.95. The van der Waals surface area contributed by atoms with Crippen molar-refractivity contribution in [3.8, 4) is 11.1 Å². The number of anilines is 3. The van der Waals surface area contributed by atoms with Gasteiger partial charge in [0.05, 0.1) is 17.4 Å². The number of nitrogens with zero attached hydrogens (tertiary/aromatic N) is 9. The molecule has 0 spiro atoms. The highest BCUT2D eigenvalue weighted by atomic mass is 15.4. The predicted octanol–water partition coefficient (Wildman–Crippen LogP) is 3.72. The molecule has 5 aromatic rings. The van der Waals surface area contributed by atoms with E-state index in [1.165, 1.54) is 12.8 Å². The number of imidazole rings is 1. The van der Waals surface area contributed by atoms with Crippen LogP contribution in [0.2, 0.25) is 0 Å². The van der Waals surface area contributed by atoms with Crippen molar-refractivity contribution in [2.24, 2.45) is 13.0 Å². The first-order valence-electron chi connectivity index (χ1n) is 11.8. The molecular formula is C24H26N10. The van der Waals surface area contributed by atoms with E-state index < -0.39 is 0 Å². The maximum Gasteiger partial charge on any atom is 0.247 e. The van der Waals surface area contributed by atoms with E-state index in [1.54, 1.807) is 10.9 Å². The van der Waals surface area contributed by atoms with Crippen LogP contribution >= 0.6 is 0 Å². The highest BCUT2D eigenvalue weighted by molar-refractivity contribution is 5.92. The average Bonchev–Trinajstić information content (AvgIpc) is 3.25. The molecule has 7 rings (SSSR count). The summed E-state index contributed by atoms with van der Waals surface area (Å²) in [7, 11) is 1.89. The van der Waals surface area contributed by atoms with Gasteiger partial charge in [0.25, 0.3) is 0 Å². The van der Waals surface area contributed by atoms with Gasteiger partial charge in [-0.1, -0.05) is 6.92 Å². The van der Waals surface area contributed by atoms with E-state index in [1.807, 2.05) is 30.2 Å². The predicted molar refractivity (Wildman–Crippen MR) is 130 cm³/mol. The van der Waals surface area contributed by atoms with Crippen LogP contribution in [0.4, 0.5) is 17.5 Å². The van der Waals surface area contributed by atoms with Gasteiger partial charge in [0.15, 0.2) is 11.5 Å². The third kappa shape index (κ3) is 3.05. The first-order valence-corrected chi connectivity index (χ1v) is 11.8. The minimum Gasteiger partial charge on any atom is -0.354 e. The molecule has 0 aromatic carbocycles. The van der Waals surface area contributed by atoms with Crippen LogP contribution in [0, 0.1) is 12.8 Å². The minimum atomic E-state index is 0.549. The van der Waals surface area contributed by atoms with Crippen molar-refractivity contribution >= 4 is 34.1 Å². The van der Waals surface area contributed by atoms with Crippen LogP contribution in [0.15, 0.2) is 36.9 Å². The number of nitrogens with one attached hydrogen (secondary N) is 1. The van der Waals surface area contributed by atoms with Crippen molar-refractivity contribution in [2.45, 2.75) is 32.7 Å². The monoisotopic (exact) mass is 454 g/mol. The summed E-state index contributed by atoms with van der Waals surface area (Å²) in [5, 5.41) is 12.3. The van der Waals surface area contributed by atoms with Crippen LogP contribution in [0.25, 0.3) is 27.8 Å². The van der Waals surface area contributed by atoms with Crippen LogP contribution in [-0.2, 0) is 7.05 Å². The number of aromatic nitrogens is 8. The third-order valence-electron chi connectivity index (χ3n) is 6.76. The van der Waals surface area contributed by atoms with Crippen molar-refractivity contribution < 1.29 is 0 Å². The molecule has 1 saturated carbocycles. The molecule has 1 N–H and O–H groups in total. The van der Waals surface area contributed by atoms with E-state index in [0.29, 0.717) is 17.9 Å². The minimum absolute atomic E-state index is 0.549. The molecule has 1 aliphatic carbocycles. The Kier molecular flexibility index (Phi) is 4.03. The summed E-state index contributed by atoms with van der Waals surface area (Å²) in [6.45, 7) is 6.30. The topological polar surface area (TPSA) is 94.0 Å². The Balaban J connectivity index is 1.37. The van der Waals surface area contributed by atoms with Gasteiger partial charge in [-0.05, 0) is 37.8 Å². The summed E-state index contributed by atoms with van der Waals surface area (Å²) in [5.74, 6) is 3.17. The van der Waals surface area contributed by atoms with Crippen LogP contribution < -0.4 is 10.2 Å². The van der Waals surface area contributed by atoms with Gasteiger partial charge in [-0.25, -0.2) is 14.5 Å². The van der Waals surface area contributed by atoms with Gasteiger partial charge in [-0.3, -0.25) is 4.68 Å². The number of hydrogen-bond acceptors (Lipinski definition) is 7. The lowest BCUT2D eigenvalue weighted by atomic mass is 10.0. The number of aryl methyl sites for hydroxylation is 2. The molecule has 34 heavy (non-hydrogen) atoms. The normalized spacial score (nSPS) is 16.5. The summed E-state index contributed by atoms with van der Waals surface area (Å²) in [6, 6.07) is 4.88. The van der Waals surface area contributed by atoms with E-state index in [0.717, 1.165) is 58.2 Å². The fraction of sp³-hybridized carbons (Fsp3) is 0.375. The Labute approximate surface area is 196 Å². The molecule has 2 fully saturated rings. The highest BCUT2D eigenvalue weighted by Gasteiger charge is 2.29. The molecule has 0 bridgehead atoms. The lowest BCUT2D eigenvalue weighted by molar-refractivity contribution is 0.444. The molecule has 5 aromatic heterocycles. The van der Waals surface area contributed by atoms with Gasteiger partial charge < -0.3 is 14.8 Å². The smallest absolute Gasteiger partial charge is 0.247 e. The molecule has 6 heterocycles. The molecule has 2 aliphatic rings.